The van der Waals surface area contributed by atoms with Crippen LogP contribution < -0.4 is 20.9 Å². The first kappa shape index (κ1) is 14.5. The average molecular weight is 314 g/mol. The Hall–Kier alpha value is -2.08. The Morgan fingerprint density at radius 3 is 2.83 bits per heavy atom. The van der Waals surface area contributed by atoms with Crippen LogP contribution in [0.2, 0.25) is 0 Å². The fourth-order valence-electron chi connectivity index (χ4n) is 3.89. The van der Waals surface area contributed by atoms with Gasteiger partial charge in [0.15, 0.2) is 0 Å². The minimum absolute atomic E-state index is 0.0793. The number of amides is 3. The molecule has 3 amide bonds. The number of carbonyl (C=O) groups excluding carboxylic acids is 2. The van der Waals surface area contributed by atoms with Crippen LogP contribution in [0, 0.1) is 11.3 Å². The molecule has 6 heteroatoms. The highest BCUT2D eigenvalue weighted by Gasteiger charge is 2.57. The third-order valence-electron chi connectivity index (χ3n) is 5.39. The van der Waals surface area contributed by atoms with E-state index in [1.165, 1.54) is 0 Å². The lowest BCUT2D eigenvalue weighted by atomic mass is 9.92. The number of nitrogens with zero attached hydrogens (tertiary/aromatic N) is 1. The zero-order chi connectivity index (χ0) is 15.9. The molecule has 0 radical (unpaired) electrons. The first-order valence-corrected chi connectivity index (χ1v) is 8.35. The second-order valence-electron chi connectivity index (χ2n) is 6.79. The molecule has 4 rings (SSSR count). The third kappa shape index (κ3) is 2.67. The maximum absolute atomic E-state index is 12.5. The van der Waals surface area contributed by atoms with Crippen LogP contribution in [0.15, 0.2) is 24.3 Å². The maximum Gasteiger partial charge on any atom is 0.321 e. The molecule has 1 unspecified atom stereocenters. The highest BCUT2D eigenvalue weighted by Crippen LogP contribution is 2.58. The quantitative estimate of drug-likeness (QED) is 0.792. The number of urea groups is 1. The van der Waals surface area contributed by atoms with E-state index in [1.807, 2.05) is 24.3 Å². The summed E-state index contributed by atoms with van der Waals surface area (Å²) in [4.78, 5) is 26.0. The van der Waals surface area contributed by atoms with Gasteiger partial charge in [0.1, 0.15) is 0 Å². The van der Waals surface area contributed by atoms with Crippen molar-refractivity contribution < 1.29 is 9.59 Å². The van der Waals surface area contributed by atoms with E-state index in [0.29, 0.717) is 13.1 Å². The van der Waals surface area contributed by atoms with E-state index in [9.17, 15) is 9.59 Å². The number of hydrogen-bond donors (Lipinski definition) is 3. The summed E-state index contributed by atoms with van der Waals surface area (Å²) in [6, 6.07) is 7.45. The molecule has 3 fully saturated rings. The van der Waals surface area contributed by atoms with Gasteiger partial charge < -0.3 is 16.0 Å². The Bertz CT molecular complexity index is 639. The monoisotopic (exact) mass is 314 g/mol. The topological polar surface area (TPSA) is 73.5 Å². The van der Waals surface area contributed by atoms with Crippen molar-refractivity contribution >= 4 is 23.3 Å². The number of benzene rings is 1. The molecule has 1 atom stereocenters. The van der Waals surface area contributed by atoms with E-state index >= 15 is 0 Å². The number of carbonyl (C=O) groups is 2. The minimum Gasteiger partial charge on any atom is -0.336 e. The van der Waals surface area contributed by atoms with Gasteiger partial charge in [0.05, 0.1) is 0 Å². The van der Waals surface area contributed by atoms with E-state index in [-0.39, 0.29) is 23.3 Å². The van der Waals surface area contributed by atoms with Crippen LogP contribution in [0.3, 0.4) is 0 Å². The molecule has 3 aliphatic rings. The number of hydrogen-bond acceptors (Lipinski definition) is 3. The van der Waals surface area contributed by atoms with Gasteiger partial charge in [0.25, 0.3) is 0 Å². The summed E-state index contributed by atoms with van der Waals surface area (Å²) in [6.07, 6.45) is 3.20. The molecular weight excluding hydrogens is 292 g/mol. The standard InChI is InChI=1S/C17H22N4O2/c22-15(14-11-17(14)4-6-18-7-5-17)20-12-2-1-3-13(10-12)21-9-8-19-16(21)23/h1-3,10,14,18H,4-9,11H2,(H,19,23)(H,20,22). The van der Waals surface area contributed by atoms with Gasteiger partial charge in [-0.2, -0.15) is 0 Å². The van der Waals surface area contributed by atoms with Gasteiger partial charge >= 0.3 is 6.03 Å². The van der Waals surface area contributed by atoms with Crippen molar-refractivity contribution in [3.05, 3.63) is 24.3 Å². The van der Waals surface area contributed by atoms with Crippen LogP contribution in [-0.2, 0) is 4.79 Å². The second-order valence-corrected chi connectivity index (χ2v) is 6.79. The lowest BCUT2D eigenvalue weighted by molar-refractivity contribution is -0.118. The number of rotatable bonds is 3. The molecule has 1 aromatic carbocycles. The Labute approximate surface area is 135 Å². The highest BCUT2D eigenvalue weighted by atomic mass is 16.2. The van der Waals surface area contributed by atoms with E-state index in [2.05, 4.69) is 16.0 Å². The van der Waals surface area contributed by atoms with Crippen molar-refractivity contribution in [2.45, 2.75) is 19.3 Å². The Kier molecular flexibility index (Phi) is 3.49. The second kappa shape index (κ2) is 5.53. The van der Waals surface area contributed by atoms with Gasteiger partial charge in [-0.05, 0) is 56.0 Å². The molecule has 2 heterocycles. The van der Waals surface area contributed by atoms with Gasteiger partial charge in [-0.1, -0.05) is 6.07 Å². The first-order chi connectivity index (χ1) is 11.2. The van der Waals surface area contributed by atoms with Crippen molar-refractivity contribution in [1.29, 1.82) is 0 Å². The third-order valence-corrected chi connectivity index (χ3v) is 5.39. The fourth-order valence-corrected chi connectivity index (χ4v) is 3.89. The summed E-state index contributed by atoms with van der Waals surface area (Å²) >= 11 is 0. The average Bonchev–Trinajstić information content (AvgIpc) is 3.07. The highest BCUT2D eigenvalue weighted by molar-refractivity contribution is 5.97. The fraction of sp³-hybridized carbons (Fsp3) is 0.529. The van der Waals surface area contributed by atoms with Gasteiger partial charge in [-0.15, -0.1) is 0 Å². The van der Waals surface area contributed by atoms with Gasteiger partial charge in [0.2, 0.25) is 5.91 Å². The molecule has 1 aromatic rings. The van der Waals surface area contributed by atoms with Gasteiger partial charge in [0, 0.05) is 30.4 Å². The SMILES string of the molecule is O=C(Nc1cccc(N2CCNC2=O)c1)C1CC12CCNCC2. The maximum atomic E-state index is 12.5. The Morgan fingerprint density at radius 2 is 2.09 bits per heavy atom. The zero-order valence-corrected chi connectivity index (χ0v) is 13.1. The summed E-state index contributed by atoms with van der Waals surface area (Å²) in [5.74, 6) is 0.262. The smallest absolute Gasteiger partial charge is 0.321 e. The van der Waals surface area contributed by atoms with Crippen molar-refractivity contribution in [2.24, 2.45) is 11.3 Å². The predicted octanol–water partition coefficient (Wildman–Crippen LogP) is 1.54. The van der Waals surface area contributed by atoms with Crippen LogP contribution in [-0.4, -0.2) is 38.1 Å². The molecule has 2 saturated heterocycles. The van der Waals surface area contributed by atoms with Gasteiger partial charge in [-0.25, -0.2) is 4.79 Å². The van der Waals surface area contributed by atoms with Crippen LogP contribution in [0.4, 0.5) is 16.2 Å². The molecule has 1 spiro atoms. The molecule has 1 aliphatic carbocycles. The van der Waals surface area contributed by atoms with Gasteiger partial charge in [-0.3, -0.25) is 9.69 Å². The van der Waals surface area contributed by atoms with E-state index < -0.39 is 0 Å². The lowest BCUT2D eigenvalue weighted by Gasteiger charge is -2.23. The molecule has 122 valence electrons. The largest absolute Gasteiger partial charge is 0.336 e. The normalized spacial score (nSPS) is 25.3. The van der Waals surface area contributed by atoms with Crippen LogP contribution in [0.5, 0.6) is 0 Å². The summed E-state index contributed by atoms with van der Waals surface area (Å²) in [5.41, 5.74) is 1.83. The van der Waals surface area contributed by atoms with Crippen LogP contribution in [0.25, 0.3) is 0 Å². The van der Waals surface area contributed by atoms with Crippen molar-refractivity contribution in [1.82, 2.24) is 10.6 Å². The molecule has 0 aromatic heterocycles. The Balaban J connectivity index is 1.43. The van der Waals surface area contributed by atoms with Crippen molar-refractivity contribution in [2.75, 3.05) is 36.4 Å². The van der Waals surface area contributed by atoms with E-state index in [0.717, 1.165) is 43.7 Å². The van der Waals surface area contributed by atoms with Crippen molar-refractivity contribution in [3.63, 3.8) is 0 Å². The molecule has 2 aliphatic heterocycles. The Morgan fingerprint density at radius 1 is 1.26 bits per heavy atom. The molecule has 1 saturated carbocycles. The lowest BCUT2D eigenvalue weighted by Crippen LogP contribution is -2.31. The van der Waals surface area contributed by atoms with Crippen LogP contribution in [0.1, 0.15) is 19.3 Å². The van der Waals surface area contributed by atoms with E-state index in [4.69, 9.17) is 0 Å². The first-order valence-electron chi connectivity index (χ1n) is 8.35. The minimum atomic E-state index is -0.0793. The summed E-state index contributed by atoms with van der Waals surface area (Å²) < 4.78 is 0. The zero-order valence-electron chi connectivity index (χ0n) is 13.1. The molecule has 0 bridgehead atoms. The number of anilines is 2. The molecule has 3 N–H and O–H groups in total. The van der Waals surface area contributed by atoms with Crippen molar-refractivity contribution in [3.8, 4) is 0 Å². The molecule has 23 heavy (non-hydrogen) atoms. The predicted molar refractivity (Wildman–Crippen MR) is 88.5 cm³/mol. The molecule has 6 nitrogen and oxygen atoms in total. The molecular formula is C17H22N4O2. The summed E-state index contributed by atoms with van der Waals surface area (Å²) in [6.45, 7) is 3.36. The van der Waals surface area contributed by atoms with E-state index in [1.54, 1.807) is 4.90 Å². The summed E-state index contributed by atoms with van der Waals surface area (Å²) in [7, 11) is 0. The number of nitrogens with one attached hydrogen (secondary N) is 3. The number of piperidine rings is 1. The van der Waals surface area contributed by atoms with Crippen LogP contribution >= 0.6 is 0 Å². The summed E-state index contributed by atoms with van der Waals surface area (Å²) in [5, 5.41) is 9.18.